The second-order valence-electron chi connectivity index (χ2n) is 7.58. The number of hydrogen-bond donors (Lipinski definition) is 3. The Bertz CT molecular complexity index is 904. The van der Waals surface area contributed by atoms with E-state index in [4.69, 9.17) is 10.5 Å². The van der Waals surface area contributed by atoms with Gasteiger partial charge < -0.3 is 20.7 Å². The predicted molar refractivity (Wildman–Crippen MR) is 110 cm³/mol. The lowest BCUT2D eigenvalue weighted by Gasteiger charge is -2.19. The Labute approximate surface area is 164 Å². The quantitative estimate of drug-likeness (QED) is 0.491. The number of fused-ring (bicyclic) bond motifs is 1. The van der Waals surface area contributed by atoms with Gasteiger partial charge in [-0.25, -0.2) is 0 Å². The molecule has 28 heavy (non-hydrogen) atoms. The highest BCUT2D eigenvalue weighted by Gasteiger charge is 2.17. The highest BCUT2D eigenvalue weighted by molar-refractivity contribution is 6.00. The van der Waals surface area contributed by atoms with E-state index in [1.54, 1.807) is 12.3 Å². The van der Waals surface area contributed by atoms with E-state index in [-0.39, 0.29) is 18.5 Å². The van der Waals surface area contributed by atoms with E-state index in [9.17, 15) is 4.79 Å². The topological polar surface area (TPSA) is 118 Å². The molecule has 4 N–H and O–H groups in total. The summed E-state index contributed by atoms with van der Waals surface area (Å²) < 4.78 is 5.62. The minimum absolute atomic E-state index is 0.00704. The molecule has 0 spiro atoms. The summed E-state index contributed by atoms with van der Waals surface area (Å²) in [4.78, 5) is 22.0. The lowest BCUT2D eigenvalue weighted by atomic mass is 10.1. The van der Waals surface area contributed by atoms with E-state index in [0.717, 1.165) is 16.8 Å². The number of carbonyl (C=O) groups is 1. The molecule has 0 saturated heterocycles. The van der Waals surface area contributed by atoms with Gasteiger partial charge in [-0.3, -0.25) is 10.2 Å². The molecule has 1 aliphatic rings. The largest absolute Gasteiger partial charge is 0.461 e. The van der Waals surface area contributed by atoms with Crippen molar-refractivity contribution in [3.05, 3.63) is 35.4 Å². The van der Waals surface area contributed by atoms with Crippen molar-refractivity contribution in [3.8, 4) is 6.01 Å². The fourth-order valence-electron chi connectivity index (χ4n) is 2.52. The maximum atomic E-state index is 11.4. The Morgan fingerprint density at radius 2 is 2.14 bits per heavy atom. The monoisotopic (exact) mass is 383 g/mol. The molecule has 0 fully saturated rings. The average molecular weight is 383 g/mol. The molecule has 0 radical (unpaired) electrons. The van der Waals surface area contributed by atoms with Crippen LogP contribution < -0.4 is 26.1 Å². The number of rotatable bonds is 7. The molecule has 0 unspecified atom stereocenters. The summed E-state index contributed by atoms with van der Waals surface area (Å²) in [7, 11) is 3.76. The van der Waals surface area contributed by atoms with Crippen LogP contribution in [-0.2, 0) is 11.2 Å². The van der Waals surface area contributed by atoms with Crippen LogP contribution in [0.4, 0.5) is 17.3 Å². The highest BCUT2D eigenvalue weighted by Crippen LogP contribution is 2.23. The van der Waals surface area contributed by atoms with Crippen LogP contribution in [0, 0.1) is 0 Å². The molecule has 1 aromatic carbocycles. The first-order chi connectivity index (χ1) is 13.2. The molecule has 3 rings (SSSR count). The van der Waals surface area contributed by atoms with E-state index in [0.29, 0.717) is 18.1 Å². The van der Waals surface area contributed by atoms with Gasteiger partial charge in [0.2, 0.25) is 5.91 Å². The Morgan fingerprint density at radius 3 is 2.86 bits per heavy atom. The van der Waals surface area contributed by atoms with Crippen molar-refractivity contribution < 1.29 is 9.53 Å². The van der Waals surface area contributed by atoms with Crippen molar-refractivity contribution >= 4 is 29.4 Å². The van der Waals surface area contributed by atoms with Gasteiger partial charge >= 0.3 is 6.01 Å². The van der Waals surface area contributed by atoms with Crippen molar-refractivity contribution in [1.82, 2.24) is 9.97 Å². The Balaban J connectivity index is 1.72. The molecule has 2 heterocycles. The van der Waals surface area contributed by atoms with E-state index >= 15 is 0 Å². The van der Waals surface area contributed by atoms with Crippen molar-refractivity contribution in [2.75, 3.05) is 36.3 Å². The molecular formula is C19H25N7O2. The fraction of sp³-hybridized carbons (Fsp3) is 0.368. The SMILES string of the molecule is CN(C)c1cc(N/N=C/c2ccc3c(c2)CC(=O)N3)nc(OCC(C)(C)N)n1. The summed E-state index contributed by atoms with van der Waals surface area (Å²) in [5.41, 5.74) is 11.1. The number of amides is 1. The molecule has 9 heteroatoms. The highest BCUT2D eigenvalue weighted by atomic mass is 16.5. The molecular weight excluding hydrogens is 358 g/mol. The van der Waals surface area contributed by atoms with Gasteiger partial charge in [0.05, 0.1) is 12.6 Å². The number of nitrogens with two attached hydrogens (primary N) is 1. The third kappa shape index (κ3) is 5.17. The number of nitrogens with one attached hydrogen (secondary N) is 2. The molecule has 0 saturated carbocycles. The van der Waals surface area contributed by atoms with Crippen LogP contribution in [0.3, 0.4) is 0 Å². The van der Waals surface area contributed by atoms with Gasteiger partial charge in [-0.15, -0.1) is 0 Å². The summed E-state index contributed by atoms with van der Waals surface area (Å²) in [5.74, 6) is 1.19. The van der Waals surface area contributed by atoms with Gasteiger partial charge in [0.15, 0.2) is 5.82 Å². The number of carbonyl (C=O) groups excluding carboxylic acids is 1. The van der Waals surface area contributed by atoms with Crippen LogP contribution in [-0.4, -0.2) is 48.3 Å². The first-order valence-corrected chi connectivity index (χ1v) is 8.89. The van der Waals surface area contributed by atoms with Crippen molar-refractivity contribution in [2.24, 2.45) is 10.8 Å². The maximum Gasteiger partial charge on any atom is 0.320 e. The van der Waals surface area contributed by atoms with Gasteiger partial charge in [0, 0.05) is 31.4 Å². The lowest BCUT2D eigenvalue weighted by molar-refractivity contribution is -0.115. The number of nitrogens with zero attached hydrogens (tertiary/aromatic N) is 4. The molecule has 1 aliphatic heterocycles. The number of hydrogen-bond acceptors (Lipinski definition) is 8. The minimum atomic E-state index is -0.493. The van der Waals surface area contributed by atoms with E-state index in [1.165, 1.54) is 0 Å². The first-order valence-electron chi connectivity index (χ1n) is 8.89. The number of anilines is 3. The normalized spacial score (nSPS) is 13.4. The van der Waals surface area contributed by atoms with Crippen molar-refractivity contribution in [3.63, 3.8) is 0 Å². The minimum Gasteiger partial charge on any atom is -0.461 e. The maximum absolute atomic E-state index is 11.4. The van der Waals surface area contributed by atoms with Gasteiger partial charge in [0.1, 0.15) is 12.4 Å². The van der Waals surface area contributed by atoms with Gasteiger partial charge in [-0.2, -0.15) is 15.1 Å². The van der Waals surface area contributed by atoms with Crippen LogP contribution in [0.2, 0.25) is 0 Å². The van der Waals surface area contributed by atoms with Crippen molar-refractivity contribution in [2.45, 2.75) is 25.8 Å². The van der Waals surface area contributed by atoms with E-state index in [1.807, 2.05) is 51.0 Å². The second kappa shape index (κ2) is 7.81. The van der Waals surface area contributed by atoms with Gasteiger partial charge in [-0.05, 0) is 37.1 Å². The lowest BCUT2D eigenvalue weighted by Crippen LogP contribution is -2.39. The third-order valence-corrected chi connectivity index (χ3v) is 3.87. The summed E-state index contributed by atoms with van der Waals surface area (Å²) in [6.45, 7) is 4.02. The molecule has 0 atom stereocenters. The number of ether oxygens (including phenoxy) is 1. The zero-order chi connectivity index (χ0) is 20.3. The summed E-state index contributed by atoms with van der Waals surface area (Å²) in [5, 5.41) is 7.05. The molecule has 0 bridgehead atoms. The number of aromatic nitrogens is 2. The predicted octanol–water partition coefficient (Wildman–Crippen LogP) is 1.60. The van der Waals surface area contributed by atoms with Crippen LogP contribution in [0.5, 0.6) is 6.01 Å². The number of benzene rings is 1. The van der Waals surface area contributed by atoms with E-state index in [2.05, 4.69) is 25.8 Å². The molecule has 148 valence electrons. The van der Waals surface area contributed by atoms with Crippen LogP contribution >= 0.6 is 0 Å². The van der Waals surface area contributed by atoms with Crippen molar-refractivity contribution in [1.29, 1.82) is 0 Å². The zero-order valence-electron chi connectivity index (χ0n) is 16.5. The molecule has 2 aromatic rings. The zero-order valence-corrected chi connectivity index (χ0v) is 16.5. The Hall–Kier alpha value is -3.20. The molecule has 1 aromatic heterocycles. The molecule has 1 amide bonds. The summed E-state index contributed by atoms with van der Waals surface area (Å²) in [6.07, 6.45) is 2.06. The third-order valence-electron chi connectivity index (χ3n) is 3.87. The molecule has 9 nitrogen and oxygen atoms in total. The van der Waals surface area contributed by atoms with Gasteiger partial charge in [-0.1, -0.05) is 6.07 Å². The Kier molecular flexibility index (Phi) is 5.46. The second-order valence-corrected chi connectivity index (χ2v) is 7.58. The number of hydrazone groups is 1. The smallest absolute Gasteiger partial charge is 0.320 e. The van der Waals surface area contributed by atoms with Crippen LogP contribution in [0.15, 0.2) is 29.4 Å². The Morgan fingerprint density at radius 1 is 1.36 bits per heavy atom. The van der Waals surface area contributed by atoms with Crippen LogP contribution in [0.1, 0.15) is 25.0 Å². The standard InChI is InChI=1S/C19H25N7O2/c1-19(2,20)11-28-18-23-15(9-16(24-18)26(3)4)25-21-10-12-5-6-14-13(7-12)8-17(27)22-14/h5-7,9-10H,8,11,20H2,1-4H3,(H,22,27)(H,23,24,25)/b21-10+. The van der Waals surface area contributed by atoms with E-state index < -0.39 is 5.54 Å². The summed E-state index contributed by atoms with van der Waals surface area (Å²) in [6, 6.07) is 7.68. The molecule has 0 aliphatic carbocycles. The van der Waals surface area contributed by atoms with Gasteiger partial charge in [0.25, 0.3) is 0 Å². The van der Waals surface area contributed by atoms with Crippen LogP contribution in [0.25, 0.3) is 0 Å². The fourth-order valence-corrected chi connectivity index (χ4v) is 2.52. The first kappa shape index (κ1) is 19.6. The average Bonchev–Trinajstić information content (AvgIpc) is 2.98. The summed E-state index contributed by atoms with van der Waals surface area (Å²) >= 11 is 0.